The predicted molar refractivity (Wildman–Crippen MR) is 128 cm³/mol. The molecule has 4 aromatic rings. The topological polar surface area (TPSA) is 89.7 Å². The standard InChI is InChI=1S/C24H17BrN2O5S/c1-11-4-9-16-15(10-11)19(28)17-18(13-5-7-14(25)8-6-13)27(22(29)20(17)32-16)24-26-12(2)21(33-24)23(30)31-3/h4-10,18H,1-3H3. The molecule has 0 fully saturated rings. The van der Waals surface area contributed by atoms with Crippen LogP contribution in [0.5, 0.6) is 0 Å². The summed E-state index contributed by atoms with van der Waals surface area (Å²) in [6.07, 6.45) is 0. The van der Waals surface area contributed by atoms with Gasteiger partial charge in [0.15, 0.2) is 10.6 Å². The van der Waals surface area contributed by atoms with Crippen LogP contribution in [0.15, 0.2) is 56.1 Å². The molecule has 0 spiro atoms. The molecule has 1 aliphatic rings. The third kappa shape index (κ3) is 3.39. The predicted octanol–water partition coefficient (Wildman–Crippen LogP) is 5.17. The zero-order valence-corrected chi connectivity index (χ0v) is 20.2. The van der Waals surface area contributed by atoms with Crippen molar-refractivity contribution in [3.8, 4) is 0 Å². The number of amides is 1. The average molecular weight is 525 g/mol. The van der Waals surface area contributed by atoms with E-state index in [1.807, 2.05) is 37.3 Å². The van der Waals surface area contributed by atoms with Crippen molar-refractivity contribution in [1.82, 2.24) is 4.98 Å². The summed E-state index contributed by atoms with van der Waals surface area (Å²) in [4.78, 5) is 45.6. The number of carbonyl (C=O) groups is 2. The van der Waals surface area contributed by atoms with Crippen LogP contribution in [-0.2, 0) is 4.74 Å². The molecule has 7 nitrogen and oxygen atoms in total. The first-order chi connectivity index (χ1) is 15.8. The molecule has 9 heteroatoms. The summed E-state index contributed by atoms with van der Waals surface area (Å²) in [5.74, 6) is -1.03. The van der Waals surface area contributed by atoms with E-state index in [4.69, 9.17) is 9.15 Å². The van der Waals surface area contributed by atoms with Crippen LogP contribution < -0.4 is 10.3 Å². The fourth-order valence-corrected chi connectivity index (χ4v) is 5.29. The van der Waals surface area contributed by atoms with Gasteiger partial charge in [-0.2, -0.15) is 0 Å². The maximum atomic E-state index is 13.6. The van der Waals surface area contributed by atoms with E-state index >= 15 is 0 Å². The molecule has 1 aliphatic heterocycles. The monoisotopic (exact) mass is 524 g/mol. The molecule has 1 unspecified atom stereocenters. The van der Waals surface area contributed by atoms with Gasteiger partial charge in [-0.3, -0.25) is 14.5 Å². The van der Waals surface area contributed by atoms with Crippen molar-refractivity contribution in [2.24, 2.45) is 0 Å². The summed E-state index contributed by atoms with van der Waals surface area (Å²) in [5, 5.41) is 0.702. The van der Waals surface area contributed by atoms with Gasteiger partial charge in [-0.05, 0) is 43.7 Å². The van der Waals surface area contributed by atoms with Crippen molar-refractivity contribution in [2.75, 3.05) is 12.0 Å². The second kappa shape index (κ2) is 7.93. The number of fused-ring (bicyclic) bond motifs is 2. The lowest BCUT2D eigenvalue weighted by atomic mass is 9.98. The number of benzene rings is 2. The molecule has 1 amide bonds. The molecule has 1 atom stereocenters. The molecule has 0 radical (unpaired) electrons. The number of methoxy groups -OCH3 is 1. The largest absolute Gasteiger partial charge is 0.465 e. The van der Waals surface area contributed by atoms with E-state index in [-0.39, 0.29) is 21.9 Å². The number of ether oxygens (including phenoxy) is 1. The van der Waals surface area contributed by atoms with Crippen molar-refractivity contribution < 1.29 is 18.7 Å². The Bertz CT molecular complexity index is 1510. The van der Waals surface area contributed by atoms with Crippen LogP contribution in [0.3, 0.4) is 0 Å². The molecule has 5 rings (SSSR count). The number of hydrogen-bond donors (Lipinski definition) is 0. The Labute approximate surface area is 200 Å². The second-order valence-corrected chi connectivity index (χ2v) is 9.60. The summed E-state index contributed by atoms with van der Waals surface area (Å²) in [6, 6.07) is 11.9. The summed E-state index contributed by atoms with van der Waals surface area (Å²) in [7, 11) is 1.29. The minimum atomic E-state index is -0.752. The summed E-state index contributed by atoms with van der Waals surface area (Å²) < 4.78 is 11.7. The number of halogens is 1. The highest BCUT2D eigenvalue weighted by molar-refractivity contribution is 9.10. The van der Waals surface area contributed by atoms with Crippen molar-refractivity contribution in [3.05, 3.63) is 90.2 Å². The van der Waals surface area contributed by atoms with Gasteiger partial charge in [0.1, 0.15) is 10.5 Å². The molecule has 2 aromatic heterocycles. The van der Waals surface area contributed by atoms with Crippen molar-refractivity contribution in [2.45, 2.75) is 19.9 Å². The highest BCUT2D eigenvalue weighted by atomic mass is 79.9. The zero-order chi connectivity index (χ0) is 23.4. The molecule has 0 bridgehead atoms. The summed E-state index contributed by atoms with van der Waals surface area (Å²) in [6.45, 7) is 3.57. The Balaban J connectivity index is 1.78. The molecule has 2 aromatic carbocycles. The van der Waals surface area contributed by atoms with Crippen molar-refractivity contribution >= 4 is 55.2 Å². The zero-order valence-electron chi connectivity index (χ0n) is 17.8. The van der Waals surface area contributed by atoms with Crippen LogP contribution in [0.25, 0.3) is 11.0 Å². The first-order valence-electron chi connectivity index (χ1n) is 10.0. The fraction of sp³-hybridized carbons (Fsp3) is 0.167. The molecule has 166 valence electrons. The smallest absolute Gasteiger partial charge is 0.350 e. The lowest BCUT2D eigenvalue weighted by Crippen LogP contribution is -2.29. The number of rotatable bonds is 3. The second-order valence-electron chi connectivity index (χ2n) is 7.71. The number of hydrogen-bond acceptors (Lipinski definition) is 7. The Morgan fingerprint density at radius 1 is 1.15 bits per heavy atom. The first-order valence-corrected chi connectivity index (χ1v) is 11.6. The number of nitrogens with zero attached hydrogens (tertiary/aromatic N) is 2. The van der Waals surface area contributed by atoms with Gasteiger partial charge in [-0.1, -0.05) is 51.0 Å². The van der Waals surface area contributed by atoms with Crippen LogP contribution >= 0.6 is 27.3 Å². The highest BCUT2D eigenvalue weighted by Crippen LogP contribution is 2.43. The molecule has 0 saturated heterocycles. The highest BCUT2D eigenvalue weighted by Gasteiger charge is 2.45. The molecular formula is C24H17BrN2O5S. The van der Waals surface area contributed by atoms with Crippen LogP contribution in [0, 0.1) is 13.8 Å². The van der Waals surface area contributed by atoms with E-state index in [9.17, 15) is 14.4 Å². The molecule has 0 aliphatic carbocycles. The van der Waals surface area contributed by atoms with Crippen LogP contribution in [0.2, 0.25) is 0 Å². The van der Waals surface area contributed by atoms with Crippen LogP contribution in [0.1, 0.15) is 48.7 Å². The number of aromatic nitrogens is 1. The Morgan fingerprint density at radius 3 is 2.58 bits per heavy atom. The summed E-state index contributed by atoms with van der Waals surface area (Å²) in [5.41, 5.74) is 2.42. The Kier molecular flexibility index (Phi) is 5.18. The van der Waals surface area contributed by atoms with Gasteiger partial charge in [-0.25, -0.2) is 9.78 Å². The van der Waals surface area contributed by atoms with Gasteiger partial charge < -0.3 is 9.15 Å². The van der Waals surface area contributed by atoms with Crippen molar-refractivity contribution in [1.29, 1.82) is 0 Å². The molecule has 33 heavy (non-hydrogen) atoms. The third-order valence-corrected chi connectivity index (χ3v) is 7.24. The van der Waals surface area contributed by atoms with Crippen LogP contribution in [0.4, 0.5) is 5.13 Å². The van der Waals surface area contributed by atoms with Crippen LogP contribution in [-0.4, -0.2) is 24.0 Å². The van der Waals surface area contributed by atoms with E-state index in [1.54, 1.807) is 19.1 Å². The molecule has 0 saturated carbocycles. The Morgan fingerprint density at radius 2 is 1.88 bits per heavy atom. The number of anilines is 1. The minimum Gasteiger partial charge on any atom is -0.465 e. The molecular weight excluding hydrogens is 508 g/mol. The minimum absolute atomic E-state index is 0.0169. The maximum Gasteiger partial charge on any atom is 0.350 e. The first kappa shape index (κ1) is 21.5. The summed E-state index contributed by atoms with van der Waals surface area (Å²) >= 11 is 4.47. The average Bonchev–Trinajstić information content (AvgIpc) is 3.32. The van der Waals surface area contributed by atoms with Gasteiger partial charge >= 0.3 is 5.97 Å². The van der Waals surface area contributed by atoms with Gasteiger partial charge in [0.2, 0.25) is 5.76 Å². The van der Waals surface area contributed by atoms with Gasteiger partial charge in [0, 0.05) is 4.47 Å². The Hall–Kier alpha value is -3.30. The van der Waals surface area contributed by atoms with E-state index in [2.05, 4.69) is 20.9 Å². The van der Waals surface area contributed by atoms with Gasteiger partial charge in [-0.15, -0.1) is 0 Å². The van der Waals surface area contributed by atoms with Gasteiger partial charge in [0.25, 0.3) is 5.91 Å². The van der Waals surface area contributed by atoms with E-state index in [0.29, 0.717) is 21.5 Å². The fourth-order valence-electron chi connectivity index (χ4n) is 4.01. The number of carbonyl (C=O) groups excluding carboxylic acids is 2. The van der Waals surface area contributed by atoms with Gasteiger partial charge in [0.05, 0.1) is 29.8 Å². The normalized spacial score (nSPS) is 15.2. The molecule has 3 heterocycles. The third-order valence-electron chi connectivity index (χ3n) is 5.57. The number of thiazole rings is 1. The lowest BCUT2D eigenvalue weighted by molar-refractivity contribution is 0.0605. The number of esters is 1. The maximum absolute atomic E-state index is 13.6. The molecule has 0 N–H and O–H groups in total. The quantitative estimate of drug-likeness (QED) is 0.343. The van der Waals surface area contributed by atoms with E-state index in [0.717, 1.165) is 26.9 Å². The van der Waals surface area contributed by atoms with Crippen molar-refractivity contribution in [3.63, 3.8) is 0 Å². The van der Waals surface area contributed by atoms with E-state index < -0.39 is 17.9 Å². The van der Waals surface area contributed by atoms with E-state index in [1.165, 1.54) is 12.0 Å². The number of aryl methyl sites for hydroxylation is 2. The lowest BCUT2D eigenvalue weighted by Gasteiger charge is -2.22. The SMILES string of the molecule is COC(=O)c1sc(N2C(=O)c3oc4ccc(C)cc4c(=O)c3C2c2ccc(Br)cc2)nc1C.